The Bertz CT molecular complexity index is 476. The van der Waals surface area contributed by atoms with Crippen molar-refractivity contribution in [1.82, 2.24) is 15.0 Å². The molecule has 1 aliphatic carbocycles. The molecule has 6 heteroatoms. The molecule has 2 fully saturated rings. The summed E-state index contributed by atoms with van der Waals surface area (Å²) >= 11 is 0. The van der Waals surface area contributed by atoms with Crippen LogP contribution in [0, 0.1) is 12.8 Å². The number of carbonyl (C=O) groups is 1. The first-order valence-corrected chi connectivity index (χ1v) is 7.26. The van der Waals surface area contributed by atoms with Crippen LogP contribution in [0.25, 0.3) is 0 Å². The van der Waals surface area contributed by atoms with Crippen molar-refractivity contribution >= 4 is 5.91 Å². The lowest BCUT2D eigenvalue weighted by Gasteiger charge is -2.35. The number of aromatic nitrogens is 1. The third-order valence-electron chi connectivity index (χ3n) is 4.12. The van der Waals surface area contributed by atoms with Gasteiger partial charge in [0.25, 0.3) is 5.91 Å². The van der Waals surface area contributed by atoms with Crippen molar-refractivity contribution in [3.05, 3.63) is 17.5 Å². The fraction of sp³-hybridized carbons (Fsp3) is 0.714. The van der Waals surface area contributed by atoms with Crippen molar-refractivity contribution in [3.8, 4) is 0 Å². The quantitative estimate of drug-likeness (QED) is 0.869. The second-order valence-electron chi connectivity index (χ2n) is 5.82. The molecule has 0 unspecified atom stereocenters. The van der Waals surface area contributed by atoms with E-state index in [0.717, 1.165) is 32.5 Å². The van der Waals surface area contributed by atoms with E-state index in [1.807, 2.05) is 0 Å². The second kappa shape index (κ2) is 5.54. The number of aliphatic hydroxyl groups excluding tert-OH is 1. The van der Waals surface area contributed by atoms with Crippen LogP contribution in [0.2, 0.25) is 0 Å². The van der Waals surface area contributed by atoms with Gasteiger partial charge >= 0.3 is 0 Å². The van der Waals surface area contributed by atoms with Gasteiger partial charge < -0.3 is 14.5 Å². The van der Waals surface area contributed by atoms with Crippen LogP contribution in [0.15, 0.2) is 10.6 Å². The van der Waals surface area contributed by atoms with Crippen LogP contribution in [0.5, 0.6) is 0 Å². The smallest absolute Gasteiger partial charge is 0.276 e. The Balaban J connectivity index is 1.49. The molecule has 1 amide bonds. The number of aryl methyl sites for hydroxylation is 1. The minimum absolute atomic E-state index is 0.0655. The maximum atomic E-state index is 12.2. The van der Waals surface area contributed by atoms with Gasteiger partial charge in [-0.2, -0.15) is 0 Å². The highest BCUT2D eigenvalue weighted by Gasteiger charge is 2.32. The monoisotopic (exact) mass is 279 g/mol. The molecule has 0 aromatic carbocycles. The zero-order valence-electron chi connectivity index (χ0n) is 11.8. The number of amides is 1. The van der Waals surface area contributed by atoms with Crippen molar-refractivity contribution in [2.45, 2.75) is 25.9 Å². The Hall–Kier alpha value is -1.40. The summed E-state index contributed by atoms with van der Waals surface area (Å²) in [6.07, 6.45) is 2.12. The van der Waals surface area contributed by atoms with Gasteiger partial charge in [0, 0.05) is 38.8 Å². The van der Waals surface area contributed by atoms with Crippen LogP contribution in [0.4, 0.5) is 0 Å². The van der Waals surface area contributed by atoms with E-state index in [2.05, 4.69) is 10.1 Å². The van der Waals surface area contributed by atoms with E-state index >= 15 is 0 Å². The first kappa shape index (κ1) is 13.6. The van der Waals surface area contributed by atoms with E-state index in [9.17, 15) is 9.90 Å². The number of carbonyl (C=O) groups excluding carboxylic acids is 1. The predicted octanol–water partition coefficient (Wildman–Crippen LogP) is 0.512. The molecule has 2 heterocycles. The van der Waals surface area contributed by atoms with E-state index in [1.165, 1.54) is 0 Å². The van der Waals surface area contributed by atoms with Crippen LogP contribution in [-0.4, -0.2) is 64.8 Å². The summed E-state index contributed by atoms with van der Waals surface area (Å²) in [5, 5.41) is 13.7. The molecule has 0 spiro atoms. The molecule has 3 rings (SSSR count). The molecule has 6 nitrogen and oxygen atoms in total. The number of piperazine rings is 1. The highest BCUT2D eigenvalue weighted by Crippen LogP contribution is 2.32. The van der Waals surface area contributed by atoms with Crippen molar-refractivity contribution in [3.63, 3.8) is 0 Å². The van der Waals surface area contributed by atoms with E-state index in [4.69, 9.17) is 4.52 Å². The molecule has 1 aliphatic heterocycles. The lowest BCUT2D eigenvalue weighted by molar-refractivity contribution is 0.0482. The summed E-state index contributed by atoms with van der Waals surface area (Å²) < 4.78 is 4.94. The van der Waals surface area contributed by atoms with Gasteiger partial charge in [0.1, 0.15) is 5.76 Å². The number of hydrogen-bond acceptors (Lipinski definition) is 5. The standard InChI is InChI=1S/C14H21N3O3/c1-10-8-12(15-20-10)14(19)17-6-4-16(5-7-17)9-13(18)11-2-3-11/h8,11,13,18H,2-7,9H2,1H3/t13-/m0/s1. The topological polar surface area (TPSA) is 69.8 Å². The van der Waals surface area contributed by atoms with Crippen LogP contribution in [0.1, 0.15) is 29.1 Å². The van der Waals surface area contributed by atoms with Gasteiger partial charge in [0.15, 0.2) is 5.69 Å². The summed E-state index contributed by atoms with van der Waals surface area (Å²) in [5.74, 6) is 1.09. The molecule has 1 aromatic heterocycles. The Kier molecular flexibility index (Phi) is 3.76. The lowest BCUT2D eigenvalue weighted by Crippen LogP contribution is -2.50. The number of β-amino-alcohol motifs (C(OH)–C–C–N with tert-alkyl or cyclic N) is 1. The molecule has 1 aromatic rings. The van der Waals surface area contributed by atoms with Gasteiger partial charge in [-0.25, -0.2) is 0 Å². The largest absolute Gasteiger partial charge is 0.392 e. The molecule has 0 radical (unpaired) electrons. The van der Waals surface area contributed by atoms with E-state index in [0.29, 0.717) is 30.5 Å². The minimum atomic E-state index is -0.199. The first-order valence-electron chi connectivity index (χ1n) is 7.26. The molecule has 0 bridgehead atoms. The number of nitrogens with zero attached hydrogens (tertiary/aromatic N) is 3. The van der Waals surface area contributed by atoms with E-state index in [-0.39, 0.29) is 12.0 Å². The van der Waals surface area contributed by atoms with Crippen LogP contribution in [-0.2, 0) is 0 Å². The average Bonchev–Trinajstić information content (AvgIpc) is 3.21. The Labute approximate surface area is 118 Å². The molecule has 1 atom stereocenters. The van der Waals surface area contributed by atoms with Crippen molar-refractivity contribution in [2.24, 2.45) is 5.92 Å². The van der Waals surface area contributed by atoms with Gasteiger partial charge in [-0.05, 0) is 25.7 Å². The average molecular weight is 279 g/mol. The van der Waals surface area contributed by atoms with Crippen LogP contribution in [0.3, 0.4) is 0 Å². The van der Waals surface area contributed by atoms with E-state index in [1.54, 1.807) is 17.9 Å². The second-order valence-corrected chi connectivity index (χ2v) is 5.82. The summed E-state index contributed by atoms with van der Waals surface area (Å²) in [6.45, 7) is 5.50. The molecule has 1 saturated heterocycles. The first-order chi connectivity index (χ1) is 9.63. The summed E-state index contributed by atoms with van der Waals surface area (Å²) in [7, 11) is 0. The molecule has 20 heavy (non-hydrogen) atoms. The van der Waals surface area contributed by atoms with Crippen molar-refractivity contribution in [1.29, 1.82) is 0 Å². The third kappa shape index (κ3) is 3.02. The number of rotatable bonds is 4. The van der Waals surface area contributed by atoms with Crippen molar-refractivity contribution in [2.75, 3.05) is 32.7 Å². The fourth-order valence-electron chi connectivity index (χ4n) is 2.66. The molecule has 110 valence electrons. The molecule has 2 aliphatic rings. The highest BCUT2D eigenvalue weighted by atomic mass is 16.5. The van der Waals surface area contributed by atoms with Gasteiger partial charge in [-0.1, -0.05) is 5.16 Å². The zero-order chi connectivity index (χ0) is 14.1. The zero-order valence-corrected chi connectivity index (χ0v) is 11.8. The number of aliphatic hydroxyl groups is 1. The Morgan fingerprint density at radius 1 is 1.45 bits per heavy atom. The fourth-order valence-corrected chi connectivity index (χ4v) is 2.66. The molecular formula is C14H21N3O3. The summed E-state index contributed by atoms with van der Waals surface area (Å²) in [4.78, 5) is 16.2. The highest BCUT2D eigenvalue weighted by molar-refractivity contribution is 5.92. The van der Waals surface area contributed by atoms with Gasteiger partial charge in [-0.15, -0.1) is 0 Å². The maximum Gasteiger partial charge on any atom is 0.276 e. The van der Waals surface area contributed by atoms with Gasteiger partial charge in [-0.3, -0.25) is 9.69 Å². The Morgan fingerprint density at radius 2 is 2.15 bits per heavy atom. The number of hydrogen-bond donors (Lipinski definition) is 1. The normalized spacial score (nSPS) is 22.0. The Morgan fingerprint density at radius 3 is 2.70 bits per heavy atom. The predicted molar refractivity (Wildman–Crippen MR) is 72.3 cm³/mol. The maximum absolute atomic E-state index is 12.2. The van der Waals surface area contributed by atoms with E-state index < -0.39 is 0 Å². The minimum Gasteiger partial charge on any atom is -0.392 e. The summed E-state index contributed by atoms with van der Waals surface area (Å²) in [5.41, 5.74) is 0.383. The summed E-state index contributed by atoms with van der Waals surface area (Å²) in [6, 6.07) is 1.67. The molecule has 1 N–H and O–H groups in total. The molecule has 1 saturated carbocycles. The SMILES string of the molecule is Cc1cc(C(=O)N2CCN(C[C@H](O)C3CC3)CC2)no1. The van der Waals surface area contributed by atoms with Crippen LogP contribution < -0.4 is 0 Å². The van der Waals surface area contributed by atoms with Crippen LogP contribution >= 0.6 is 0 Å². The van der Waals surface area contributed by atoms with Gasteiger partial charge in [0.2, 0.25) is 0 Å². The van der Waals surface area contributed by atoms with Gasteiger partial charge in [0.05, 0.1) is 6.10 Å². The third-order valence-corrected chi connectivity index (χ3v) is 4.12. The van der Waals surface area contributed by atoms with Crippen molar-refractivity contribution < 1.29 is 14.4 Å². The molecular weight excluding hydrogens is 258 g/mol. The lowest BCUT2D eigenvalue weighted by atomic mass is 10.2.